The van der Waals surface area contributed by atoms with E-state index in [1.807, 2.05) is 0 Å². The molecule has 10 heteroatoms. The first-order valence-electron chi connectivity index (χ1n) is 8.51. The predicted molar refractivity (Wildman–Crippen MR) is 101 cm³/mol. The van der Waals surface area contributed by atoms with Crippen molar-refractivity contribution in [3.63, 3.8) is 0 Å². The highest BCUT2D eigenvalue weighted by atomic mass is 32.2. The Kier molecular flexibility index (Phi) is 5.71. The second-order valence-corrected chi connectivity index (χ2v) is 8.72. The number of hydrogen-bond acceptors (Lipinski definition) is 6. The number of carbonyl (C=O) groups excluding carboxylic acids is 1. The van der Waals surface area contributed by atoms with Gasteiger partial charge in [0, 0.05) is 24.8 Å². The van der Waals surface area contributed by atoms with E-state index in [-0.39, 0.29) is 30.3 Å². The maximum Gasteiger partial charge on any atom is 0.306 e. The third-order valence-electron chi connectivity index (χ3n) is 4.52. The Hall–Kier alpha value is -2.85. The van der Waals surface area contributed by atoms with Crippen molar-refractivity contribution >= 4 is 27.1 Å². The zero-order valence-corrected chi connectivity index (χ0v) is 15.6. The van der Waals surface area contributed by atoms with Crippen LogP contribution >= 0.6 is 0 Å². The van der Waals surface area contributed by atoms with E-state index in [2.05, 4.69) is 5.32 Å². The Morgan fingerprint density at radius 2 is 1.79 bits per heavy atom. The molecule has 1 saturated heterocycles. The van der Waals surface area contributed by atoms with Gasteiger partial charge < -0.3 is 5.32 Å². The van der Waals surface area contributed by atoms with Crippen molar-refractivity contribution in [1.82, 2.24) is 4.90 Å². The molecule has 8 nitrogen and oxygen atoms in total. The summed E-state index contributed by atoms with van der Waals surface area (Å²) in [5.74, 6) is -1.58. The van der Waals surface area contributed by atoms with Crippen LogP contribution in [0.25, 0.3) is 0 Å². The van der Waals surface area contributed by atoms with E-state index in [0.29, 0.717) is 5.56 Å². The van der Waals surface area contributed by atoms with Crippen molar-refractivity contribution in [1.29, 1.82) is 0 Å². The number of carbonyl (C=O) groups is 1. The molecule has 0 aromatic heterocycles. The van der Waals surface area contributed by atoms with Crippen LogP contribution in [-0.4, -0.2) is 48.7 Å². The highest BCUT2D eigenvalue weighted by molar-refractivity contribution is 7.91. The van der Waals surface area contributed by atoms with Crippen LogP contribution in [0.15, 0.2) is 48.5 Å². The van der Waals surface area contributed by atoms with Gasteiger partial charge in [-0.15, -0.1) is 0 Å². The van der Waals surface area contributed by atoms with Gasteiger partial charge in [-0.1, -0.05) is 30.3 Å². The van der Waals surface area contributed by atoms with Crippen LogP contribution in [0.4, 0.5) is 15.8 Å². The standard InChI is InChI=1S/C18H18FN3O5S/c19-15-7-6-14(12-16(15)22(24)25)20-18(23)17(13-4-2-1-3-5-13)21-8-10-28(26,27)11-9-21/h1-7,12,17H,8-11H2,(H,20,23). The van der Waals surface area contributed by atoms with Crippen molar-refractivity contribution in [2.75, 3.05) is 29.9 Å². The molecule has 1 atom stereocenters. The van der Waals surface area contributed by atoms with Gasteiger partial charge in [-0.3, -0.25) is 19.8 Å². The second kappa shape index (κ2) is 8.03. The minimum atomic E-state index is -3.13. The normalized spacial score (nSPS) is 17.6. The summed E-state index contributed by atoms with van der Waals surface area (Å²) in [6.45, 7) is 0.387. The average Bonchev–Trinajstić information content (AvgIpc) is 2.65. The van der Waals surface area contributed by atoms with Gasteiger partial charge in [0.05, 0.1) is 16.4 Å². The molecule has 1 N–H and O–H groups in total. The van der Waals surface area contributed by atoms with Gasteiger partial charge in [0.2, 0.25) is 11.7 Å². The summed E-state index contributed by atoms with van der Waals surface area (Å²) >= 11 is 0. The number of sulfone groups is 1. The van der Waals surface area contributed by atoms with E-state index in [1.165, 1.54) is 6.07 Å². The summed E-state index contributed by atoms with van der Waals surface area (Å²) in [6.07, 6.45) is 0. The van der Waals surface area contributed by atoms with Gasteiger partial charge in [0.25, 0.3) is 0 Å². The van der Waals surface area contributed by atoms with Crippen LogP contribution in [0.5, 0.6) is 0 Å². The number of rotatable bonds is 5. The molecule has 0 saturated carbocycles. The molecular weight excluding hydrogens is 389 g/mol. The molecule has 1 heterocycles. The lowest BCUT2D eigenvalue weighted by molar-refractivity contribution is -0.387. The van der Waals surface area contributed by atoms with Crippen molar-refractivity contribution in [2.45, 2.75) is 6.04 Å². The number of amides is 1. The lowest BCUT2D eigenvalue weighted by Gasteiger charge is -2.33. The van der Waals surface area contributed by atoms with Crippen LogP contribution < -0.4 is 5.32 Å². The minimum Gasteiger partial charge on any atom is -0.324 e. The average molecular weight is 407 g/mol. The smallest absolute Gasteiger partial charge is 0.306 e. The molecule has 28 heavy (non-hydrogen) atoms. The summed E-state index contributed by atoms with van der Waals surface area (Å²) in [5.41, 5.74) is 0.0118. The molecule has 1 amide bonds. The lowest BCUT2D eigenvalue weighted by atomic mass is 10.0. The van der Waals surface area contributed by atoms with Crippen molar-refractivity contribution in [3.8, 4) is 0 Å². The molecular formula is C18H18FN3O5S. The number of anilines is 1. The maximum atomic E-state index is 13.5. The molecule has 2 aromatic rings. The fourth-order valence-electron chi connectivity index (χ4n) is 3.09. The Balaban J connectivity index is 1.87. The minimum absolute atomic E-state index is 0.0500. The summed E-state index contributed by atoms with van der Waals surface area (Å²) in [7, 11) is -3.13. The first-order valence-corrected chi connectivity index (χ1v) is 10.3. The largest absolute Gasteiger partial charge is 0.324 e. The van der Waals surface area contributed by atoms with Crippen LogP contribution in [0.2, 0.25) is 0 Å². The lowest BCUT2D eigenvalue weighted by Crippen LogP contribution is -2.46. The van der Waals surface area contributed by atoms with Crippen molar-refractivity contribution in [2.24, 2.45) is 0 Å². The molecule has 0 radical (unpaired) electrons. The molecule has 1 aliphatic rings. The van der Waals surface area contributed by atoms with Gasteiger partial charge in [-0.2, -0.15) is 4.39 Å². The molecule has 1 unspecified atom stereocenters. The molecule has 0 aliphatic carbocycles. The van der Waals surface area contributed by atoms with Crippen LogP contribution in [0.1, 0.15) is 11.6 Å². The Morgan fingerprint density at radius 3 is 2.39 bits per heavy atom. The van der Waals surface area contributed by atoms with Crippen LogP contribution in [-0.2, 0) is 14.6 Å². The number of hydrogen-bond donors (Lipinski definition) is 1. The van der Waals surface area contributed by atoms with E-state index in [0.717, 1.165) is 12.1 Å². The maximum absolute atomic E-state index is 13.5. The van der Waals surface area contributed by atoms with Crippen LogP contribution in [0.3, 0.4) is 0 Å². The second-order valence-electron chi connectivity index (χ2n) is 6.41. The monoisotopic (exact) mass is 407 g/mol. The number of benzene rings is 2. The number of halogens is 1. The quantitative estimate of drug-likeness (QED) is 0.601. The molecule has 1 fully saturated rings. The third-order valence-corrected chi connectivity index (χ3v) is 6.13. The number of nitro groups is 1. The Morgan fingerprint density at radius 1 is 1.14 bits per heavy atom. The predicted octanol–water partition coefficient (Wildman–Crippen LogP) is 2.14. The fourth-order valence-corrected chi connectivity index (χ4v) is 4.32. The van der Waals surface area contributed by atoms with Gasteiger partial charge in [-0.05, 0) is 17.7 Å². The molecule has 3 rings (SSSR count). The zero-order chi connectivity index (χ0) is 20.3. The summed E-state index contributed by atoms with van der Waals surface area (Å²) in [4.78, 5) is 24.8. The van der Waals surface area contributed by atoms with Crippen molar-refractivity contribution < 1.29 is 22.5 Å². The number of nitrogens with one attached hydrogen (secondary N) is 1. The molecule has 1 aliphatic heterocycles. The zero-order valence-electron chi connectivity index (χ0n) is 14.7. The summed E-state index contributed by atoms with van der Waals surface area (Å²) < 4.78 is 37.0. The first-order chi connectivity index (χ1) is 13.3. The van der Waals surface area contributed by atoms with Gasteiger partial charge in [-0.25, -0.2) is 8.42 Å². The topological polar surface area (TPSA) is 110 Å². The van der Waals surface area contributed by atoms with E-state index in [4.69, 9.17) is 0 Å². The summed E-state index contributed by atoms with van der Waals surface area (Å²) in [6, 6.07) is 11.2. The number of nitrogens with zero attached hydrogens (tertiary/aromatic N) is 2. The number of nitro benzene ring substituents is 1. The highest BCUT2D eigenvalue weighted by Gasteiger charge is 2.32. The SMILES string of the molecule is O=C(Nc1ccc(F)c([N+](=O)[O-])c1)C(c1ccccc1)N1CCS(=O)(=O)CC1. The van der Waals surface area contributed by atoms with E-state index < -0.39 is 38.2 Å². The van der Waals surface area contributed by atoms with E-state index in [9.17, 15) is 27.7 Å². The van der Waals surface area contributed by atoms with E-state index in [1.54, 1.807) is 35.2 Å². The highest BCUT2D eigenvalue weighted by Crippen LogP contribution is 2.27. The Bertz CT molecular complexity index is 984. The summed E-state index contributed by atoms with van der Waals surface area (Å²) in [5, 5.41) is 13.5. The van der Waals surface area contributed by atoms with Crippen molar-refractivity contribution in [3.05, 3.63) is 70.0 Å². The van der Waals surface area contributed by atoms with Gasteiger partial charge >= 0.3 is 5.69 Å². The molecule has 0 spiro atoms. The molecule has 2 aromatic carbocycles. The fraction of sp³-hybridized carbons (Fsp3) is 0.278. The van der Waals surface area contributed by atoms with Gasteiger partial charge in [0.15, 0.2) is 9.84 Å². The third kappa shape index (κ3) is 4.52. The molecule has 0 bridgehead atoms. The molecule has 148 valence electrons. The van der Waals surface area contributed by atoms with E-state index >= 15 is 0 Å². The van der Waals surface area contributed by atoms with Crippen LogP contribution in [0, 0.1) is 15.9 Å². The van der Waals surface area contributed by atoms with Gasteiger partial charge in [0.1, 0.15) is 6.04 Å². The Labute approximate surface area is 161 Å². The first kappa shape index (κ1) is 19.9.